The molecule has 1 aliphatic rings. The standard InChI is InChI=1S/C25H26N4O5/c1-4-28-12-11-16-15-7-5-6-8-17(15)26-21(16)22(28)20-23(30)27-25(32)29(24(20)31)18-13-14(33-2)9-10-19(18)34-3/h5-10,13,22,26,31H,4,11-12H2,1-3H3,(H,27,30,32)/t22-/m0/s1. The van der Waals surface area contributed by atoms with Gasteiger partial charge in [-0.2, -0.15) is 0 Å². The number of aromatic hydroxyl groups is 1. The Morgan fingerprint density at radius 3 is 2.62 bits per heavy atom. The molecule has 1 atom stereocenters. The highest BCUT2D eigenvalue weighted by atomic mass is 16.5. The predicted octanol–water partition coefficient (Wildman–Crippen LogP) is 2.70. The van der Waals surface area contributed by atoms with Crippen molar-refractivity contribution in [2.24, 2.45) is 0 Å². The van der Waals surface area contributed by atoms with Gasteiger partial charge in [-0.25, -0.2) is 9.36 Å². The van der Waals surface area contributed by atoms with Crippen LogP contribution in [0.4, 0.5) is 0 Å². The van der Waals surface area contributed by atoms with Crippen LogP contribution in [0.15, 0.2) is 52.1 Å². The van der Waals surface area contributed by atoms with Gasteiger partial charge >= 0.3 is 5.69 Å². The smallest absolute Gasteiger partial charge is 0.335 e. The van der Waals surface area contributed by atoms with Crippen LogP contribution in [0, 0.1) is 0 Å². The maximum absolute atomic E-state index is 13.2. The van der Waals surface area contributed by atoms with Crippen molar-refractivity contribution in [2.75, 3.05) is 27.3 Å². The molecular formula is C25H26N4O5. The minimum Gasteiger partial charge on any atom is -0.497 e. The second-order valence-electron chi connectivity index (χ2n) is 8.21. The van der Waals surface area contributed by atoms with Crippen LogP contribution < -0.4 is 20.7 Å². The van der Waals surface area contributed by atoms with Crippen molar-refractivity contribution in [2.45, 2.75) is 19.4 Å². The van der Waals surface area contributed by atoms with Gasteiger partial charge in [0.05, 0.1) is 25.9 Å². The molecule has 1 aliphatic heterocycles. The Bertz CT molecular complexity index is 1500. The van der Waals surface area contributed by atoms with Crippen LogP contribution in [0.25, 0.3) is 16.6 Å². The monoisotopic (exact) mass is 462 g/mol. The van der Waals surface area contributed by atoms with Crippen LogP contribution in [0.3, 0.4) is 0 Å². The molecule has 5 rings (SSSR count). The minimum absolute atomic E-state index is 0.0961. The molecule has 0 fully saturated rings. The van der Waals surface area contributed by atoms with Crippen LogP contribution in [-0.4, -0.2) is 51.9 Å². The molecule has 4 aromatic rings. The molecule has 2 aromatic carbocycles. The van der Waals surface area contributed by atoms with Gasteiger partial charge in [0.1, 0.15) is 17.1 Å². The number of nitrogens with one attached hydrogen (secondary N) is 2. The van der Waals surface area contributed by atoms with E-state index < -0.39 is 23.2 Å². The Kier molecular flexibility index (Phi) is 5.41. The summed E-state index contributed by atoms with van der Waals surface area (Å²) in [5.74, 6) is 0.384. The summed E-state index contributed by atoms with van der Waals surface area (Å²) in [6.45, 7) is 3.36. The maximum atomic E-state index is 13.2. The quantitative estimate of drug-likeness (QED) is 0.420. The molecule has 0 radical (unpaired) electrons. The Labute approximate surface area is 195 Å². The van der Waals surface area contributed by atoms with Crippen LogP contribution in [0.5, 0.6) is 17.4 Å². The molecule has 0 aliphatic carbocycles. The average molecular weight is 463 g/mol. The molecule has 0 spiro atoms. The number of para-hydroxylation sites is 1. The number of methoxy groups -OCH3 is 2. The summed E-state index contributed by atoms with van der Waals surface area (Å²) < 4.78 is 11.8. The number of nitrogens with zero attached hydrogens (tertiary/aromatic N) is 2. The van der Waals surface area contributed by atoms with E-state index in [4.69, 9.17) is 9.47 Å². The summed E-state index contributed by atoms with van der Waals surface area (Å²) in [4.78, 5) is 34.1. The molecule has 0 bridgehead atoms. The molecule has 0 saturated heterocycles. The van der Waals surface area contributed by atoms with Crippen molar-refractivity contribution in [1.82, 2.24) is 19.4 Å². The van der Waals surface area contributed by atoms with Gasteiger partial charge in [-0.15, -0.1) is 0 Å². The molecule has 0 unspecified atom stereocenters. The van der Waals surface area contributed by atoms with Crippen LogP contribution >= 0.6 is 0 Å². The number of H-pyrrole nitrogens is 2. The first-order valence-corrected chi connectivity index (χ1v) is 11.1. The average Bonchev–Trinajstić information content (AvgIpc) is 3.22. The number of aromatic amines is 2. The highest BCUT2D eigenvalue weighted by molar-refractivity contribution is 5.85. The Morgan fingerprint density at radius 1 is 1.09 bits per heavy atom. The fourth-order valence-electron chi connectivity index (χ4n) is 4.94. The summed E-state index contributed by atoms with van der Waals surface area (Å²) in [5.41, 5.74) is 1.88. The number of hydrogen-bond donors (Lipinski definition) is 3. The summed E-state index contributed by atoms with van der Waals surface area (Å²) >= 11 is 0. The minimum atomic E-state index is -0.770. The van der Waals surface area contributed by atoms with Crippen molar-refractivity contribution in [3.63, 3.8) is 0 Å². The Morgan fingerprint density at radius 2 is 1.88 bits per heavy atom. The molecule has 2 aromatic heterocycles. The van der Waals surface area contributed by atoms with Crippen molar-refractivity contribution in [3.05, 3.63) is 80.1 Å². The maximum Gasteiger partial charge on any atom is 0.335 e. The number of rotatable bonds is 5. The van der Waals surface area contributed by atoms with Crippen LogP contribution in [-0.2, 0) is 6.42 Å². The number of hydrogen-bond acceptors (Lipinski definition) is 6. The third-order valence-corrected chi connectivity index (χ3v) is 6.56. The molecule has 9 nitrogen and oxygen atoms in total. The predicted molar refractivity (Wildman–Crippen MR) is 129 cm³/mol. The van der Waals surface area contributed by atoms with E-state index in [9.17, 15) is 14.7 Å². The zero-order chi connectivity index (χ0) is 24.0. The molecule has 9 heteroatoms. The molecule has 0 amide bonds. The second kappa shape index (κ2) is 8.42. The SMILES string of the molecule is CCN1CCc2c([nH]c3ccccc23)[C@@H]1c1c(O)n(-c2cc(OC)ccc2OC)c(=O)[nH]c1=O. The third kappa shape index (κ3) is 3.28. The number of ether oxygens (including phenoxy) is 2. The van der Waals surface area contributed by atoms with Gasteiger partial charge < -0.3 is 19.6 Å². The van der Waals surface area contributed by atoms with E-state index in [1.165, 1.54) is 14.2 Å². The Balaban J connectivity index is 1.80. The first kappa shape index (κ1) is 21.8. The van der Waals surface area contributed by atoms with E-state index >= 15 is 0 Å². The van der Waals surface area contributed by atoms with Crippen molar-refractivity contribution in [3.8, 4) is 23.1 Å². The first-order chi connectivity index (χ1) is 16.5. The van der Waals surface area contributed by atoms with Crippen molar-refractivity contribution >= 4 is 10.9 Å². The van der Waals surface area contributed by atoms with E-state index in [0.717, 1.165) is 33.1 Å². The Hall–Kier alpha value is -3.98. The first-order valence-electron chi connectivity index (χ1n) is 11.1. The van der Waals surface area contributed by atoms with Crippen LogP contribution in [0.1, 0.15) is 29.8 Å². The molecule has 3 heterocycles. The molecule has 3 N–H and O–H groups in total. The highest BCUT2D eigenvalue weighted by Crippen LogP contribution is 2.40. The van der Waals surface area contributed by atoms with Gasteiger partial charge in [0, 0.05) is 29.2 Å². The topological polar surface area (TPSA) is 113 Å². The summed E-state index contributed by atoms with van der Waals surface area (Å²) in [5, 5.41) is 12.6. The van der Waals surface area contributed by atoms with Gasteiger partial charge in [-0.3, -0.25) is 14.7 Å². The van der Waals surface area contributed by atoms with Gasteiger partial charge in [0.25, 0.3) is 5.56 Å². The fraction of sp³-hybridized carbons (Fsp3) is 0.280. The highest BCUT2D eigenvalue weighted by Gasteiger charge is 2.36. The van der Waals surface area contributed by atoms with Crippen molar-refractivity contribution < 1.29 is 14.6 Å². The van der Waals surface area contributed by atoms with Gasteiger partial charge in [-0.05, 0) is 36.7 Å². The van der Waals surface area contributed by atoms with Gasteiger partial charge in [0.2, 0.25) is 5.88 Å². The lowest BCUT2D eigenvalue weighted by molar-refractivity contribution is 0.215. The molecule has 0 saturated carbocycles. The second-order valence-corrected chi connectivity index (χ2v) is 8.21. The number of aromatic nitrogens is 3. The van der Waals surface area contributed by atoms with E-state index in [-0.39, 0.29) is 11.3 Å². The zero-order valence-electron chi connectivity index (χ0n) is 19.2. The van der Waals surface area contributed by atoms with Crippen molar-refractivity contribution in [1.29, 1.82) is 0 Å². The lowest BCUT2D eigenvalue weighted by Crippen LogP contribution is -2.41. The molecule has 34 heavy (non-hydrogen) atoms. The van der Waals surface area contributed by atoms with Gasteiger partial charge in [-0.1, -0.05) is 25.1 Å². The number of fused-ring (bicyclic) bond motifs is 3. The fourth-order valence-corrected chi connectivity index (χ4v) is 4.94. The van der Waals surface area contributed by atoms with E-state index in [2.05, 4.69) is 20.9 Å². The summed E-state index contributed by atoms with van der Waals surface area (Å²) in [6, 6.07) is 12.3. The summed E-state index contributed by atoms with van der Waals surface area (Å²) in [6.07, 6.45) is 0.811. The molecular weight excluding hydrogens is 436 g/mol. The van der Waals surface area contributed by atoms with Gasteiger partial charge in [0.15, 0.2) is 0 Å². The van der Waals surface area contributed by atoms with E-state index in [1.807, 2.05) is 25.1 Å². The summed E-state index contributed by atoms with van der Waals surface area (Å²) in [7, 11) is 2.97. The number of likely N-dealkylation sites (N-methyl/N-ethyl adjacent to an activating group) is 1. The molecule has 176 valence electrons. The lowest BCUT2D eigenvalue weighted by Gasteiger charge is -2.35. The third-order valence-electron chi connectivity index (χ3n) is 6.56. The normalized spacial score (nSPS) is 15.9. The lowest BCUT2D eigenvalue weighted by atomic mass is 9.93. The largest absolute Gasteiger partial charge is 0.497 e. The number of benzene rings is 2. The van der Waals surface area contributed by atoms with E-state index in [1.54, 1.807) is 18.2 Å². The van der Waals surface area contributed by atoms with E-state index in [0.29, 0.717) is 24.6 Å². The zero-order valence-corrected chi connectivity index (χ0v) is 19.2. The van der Waals surface area contributed by atoms with Crippen LogP contribution in [0.2, 0.25) is 0 Å².